The van der Waals surface area contributed by atoms with Crippen LogP contribution in [0, 0.1) is 0 Å². The first kappa shape index (κ1) is 21.2. The molecule has 7 heteroatoms. The summed E-state index contributed by atoms with van der Waals surface area (Å²) >= 11 is 0. The van der Waals surface area contributed by atoms with E-state index in [0.29, 0.717) is 18.1 Å². The summed E-state index contributed by atoms with van der Waals surface area (Å²) < 4.78 is 5.52. The molecule has 0 aliphatic carbocycles. The van der Waals surface area contributed by atoms with E-state index >= 15 is 0 Å². The van der Waals surface area contributed by atoms with Crippen LogP contribution in [-0.2, 0) is 11.3 Å². The zero-order valence-electron chi connectivity index (χ0n) is 15.3. The predicted molar refractivity (Wildman–Crippen MR) is 106 cm³/mol. The second-order valence-corrected chi connectivity index (χ2v) is 6.02. The zero-order chi connectivity index (χ0) is 18.9. The van der Waals surface area contributed by atoms with Gasteiger partial charge in [0.25, 0.3) is 0 Å². The van der Waals surface area contributed by atoms with Crippen LogP contribution in [0.15, 0.2) is 72.8 Å². The summed E-state index contributed by atoms with van der Waals surface area (Å²) in [6, 6.07) is 23.1. The van der Waals surface area contributed by atoms with Crippen molar-refractivity contribution in [2.24, 2.45) is 0 Å². The standard InChI is InChI=1S/C21H22N4O2.ClH/c22-21-18(24-20(26)13-14-27-17-9-5-2-6-10-17)11-12-19(25-21)23-15-16-7-3-1-4-8-16;/h1-12H,13-15H2,(H,24,26)(H3,22,23,25);1H. The fourth-order valence-electron chi connectivity index (χ4n) is 2.54. The van der Waals surface area contributed by atoms with Crippen LogP contribution < -0.4 is 33.5 Å². The van der Waals surface area contributed by atoms with E-state index in [1.54, 1.807) is 6.07 Å². The Labute approximate surface area is 170 Å². The minimum absolute atomic E-state index is 0. The van der Waals surface area contributed by atoms with Crippen LogP contribution in [0.3, 0.4) is 0 Å². The number of nitrogen functional groups attached to an aromatic ring is 1. The van der Waals surface area contributed by atoms with E-state index < -0.39 is 0 Å². The Balaban J connectivity index is 0.00000280. The van der Waals surface area contributed by atoms with Gasteiger partial charge in [-0.15, -0.1) is 0 Å². The molecule has 0 bridgehead atoms. The van der Waals surface area contributed by atoms with Crippen molar-refractivity contribution < 1.29 is 27.3 Å². The van der Waals surface area contributed by atoms with Crippen molar-refractivity contribution in [3.05, 3.63) is 78.4 Å². The summed E-state index contributed by atoms with van der Waals surface area (Å²) in [6.07, 6.45) is 0.232. The van der Waals surface area contributed by atoms with Crippen molar-refractivity contribution in [1.29, 1.82) is 0 Å². The van der Waals surface area contributed by atoms with E-state index in [-0.39, 0.29) is 24.7 Å². The number of hydrogen-bond donors (Lipinski definition) is 3. The van der Waals surface area contributed by atoms with Crippen LogP contribution in [-0.4, -0.2) is 17.5 Å². The summed E-state index contributed by atoms with van der Waals surface area (Å²) in [7, 11) is 0. The number of anilines is 2. The van der Waals surface area contributed by atoms with Gasteiger partial charge >= 0.3 is 0 Å². The molecule has 0 unspecified atom stereocenters. The molecule has 0 atom stereocenters. The van der Waals surface area contributed by atoms with Crippen molar-refractivity contribution in [2.75, 3.05) is 17.7 Å². The Morgan fingerprint density at radius 2 is 1.68 bits per heavy atom. The number of nitrogens with zero attached hydrogens (tertiary/aromatic N) is 1. The fourth-order valence-corrected chi connectivity index (χ4v) is 2.54. The third-order valence-corrected chi connectivity index (χ3v) is 3.95. The first-order valence-corrected chi connectivity index (χ1v) is 8.82. The molecule has 5 N–H and O–H groups in total. The summed E-state index contributed by atoms with van der Waals surface area (Å²) in [5.41, 5.74) is 7.69. The first-order chi connectivity index (χ1) is 13.2. The number of pyridine rings is 1. The van der Waals surface area contributed by atoms with Gasteiger partial charge in [-0.05, 0) is 18.2 Å². The Hall–Kier alpha value is -3.09. The van der Waals surface area contributed by atoms with Crippen LogP contribution in [0.1, 0.15) is 12.0 Å². The number of amides is 1. The van der Waals surface area contributed by atoms with Crippen LogP contribution in [0.5, 0.6) is 5.75 Å². The third-order valence-electron chi connectivity index (χ3n) is 3.95. The molecule has 0 aliphatic heterocycles. The number of quaternary nitrogens is 1. The molecule has 2 aromatic carbocycles. The number of carbonyl (C=O) groups is 1. The molecule has 6 nitrogen and oxygen atoms in total. The van der Waals surface area contributed by atoms with E-state index in [0.717, 1.165) is 18.1 Å². The average molecular weight is 399 g/mol. The molecule has 0 fully saturated rings. The number of halogens is 1. The second kappa shape index (κ2) is 10.9. The van der Waals surface area contributed by atoms with Crippen LogP contribution in [0.25, 0.3) is 0 Å². The summed E-state index contributed by atoms with van der Waals surface area (Å²) in [4.78, 5) is 16.4. The smallest absolute Gasteiger partial charge is 0.227 e. The quantitative estimate of drug-likeness (QED) is 0.475. The monoisotopic (exact) mass is 398 g/mol. The third kappa shape index (κ3) is 6.57. The van der Waals surface area contributed by atoms with Gasteiger partial charge in [0.2, 0.25) is 11.7 Å². The molecule has 0 saturated carbocycles. The van der Waals surface area contributed by atoms with Gasteiger partial charge in [-0.1, -0.05) is 48.5 Å². The Bertz CT molecular complexity index is 876. The van der Waals surface area contributed by atoms with Crippen LogP contribution in [0.4, 0.5) is 17.3 Å². The number of aromatic nitrogens is 1. The molecule has 1 aromatic heterocycles. The molecular weight excluding hydrogens is 376 g/mol. The number of nitrogens with one attached hydrogen (secondary N) is 1. The average Bonchev–Trinajstić information content (AvgIpc) is 2.70. The number of ether oxygens (including phenoxy) is 1. The SMILES string of the molecule is Nc1nc([NH2+]Cc2ccccc2)ccc1NC(=O)CCOc1ccccc1.[Cl-]. The molecule has 0 radical (unpaired) electrons. The maximum absolute atomic E-state index is 12.1. The number of benzene rings is 2. The summed E-state index contributed by atoms with van der Waals surface area (Å²) in [6.45, 7) is 1.07. The lowest BCUT2D eigenvalue weighted by atomic mass is 10.2. The molecule has 3 aromatic rings. The maximum Gasteiger partial charge on any atom is 0.227 e. The predicted octanol–water partition coefficient (Wildman–Crippen LogP) is -0.529. The van der Waals surface area contributed by atoms with E-state index in [1.165, 1.54) is 5.56 Å². The molecule has 0 saturated heterocycles. The number of carbonyl (C=O) groups excluding carboxylic acids is 1. The Morgan fingerprint density at radius 3 is 2.36 bits per heavy atom. The highest BCUT2D eigenvalue weighted by Crippen LogP contribution is 2.17. The van der Waals surface area contributed by atoms with E-state index in [4.69, 9.17) is 10.5 Å². The van der Waals surface area contributed by atoms with Gasteiger partial charge in [-0.25, -0.2) is 0 Å². The molecule has 0 aliphatic rings. The second-order valence-electron chi connectivity index (χ2n) is 6.02. The number of nitrogens with two attached hydrogens (primary N) is 2. The van der Waals surface area contributed by atoms with Crippen molar-refractivity contribution in [2.45, 2.75) is 13.0 Å². The highest BCUT2D eigenvalue weighted by atomic mass is 35.5. The van der Waals surface area contributed by atoms with Gasteiger partial charge in [0.05, 0.1) is 18.7 Å². The Morgan fingerprint density at radius 1 is 1.00 bits per heavy atom. The molecule has 0 spiro atoms. The largest absolute Gasteiger partial charge is 1.00 e. The topological polar surface area (TPSA) is 93.9 Å². The van der Waals surface area contributed by atoms with Gasteiger partial charge < -0.3 is 28.2 Å². The van der Waals surface area contributed by atoms with Gasteiger partial charge in [0.15, 0.2) is 5.82 Å². The lowest BCUT2D eigenvalue weighted by molar-refractivity contribution is -0.592. The highest BCUT2D eigenvalue weighted by molar-refractivity contribution is 5.93. The minimum atomic E-state index is -0.166. The van der Waals surface area contributed by atoms with Crippen LogP contribution >= 0.6 is 0 Å². The van der Waals surface area contributed by atoms with Crippen molar-refractivity contribution in [1.82, 2.24) is 4.98 Å². The van der Waals surface area contributed by atoms with Gasteiger partial charge in [-0.3, -0.25) is 10.1 Å². The maximum atomic E-state index is 12.1. The van der Waals surface area contributed by atoms with Gasteiger partial charge in [0.1, 0.15) is 12.3 Å². The van der Waals surface area contributed by atoms with Gasteiger partial charge in [-0.2, -0.15) is 4.98 Å². The first-order valence-electron chi connectivity index (χ1n) is 8.82. The zero-order valence-corrected chi connectivity index (χ0v) is 16.1. The molecule has 1 heterocycles. The molecule has 146 valence electrons. The van der Waals surface area contributed by atoms with Crippen LogP contribution in [0.2, 0.25) is 0 Å². The number of rotatable bonds is 8. The van der Waals surface area contributed by atoms with Gasteiger partial charge in [0, 0.05) is 11.6 Å². The molecule has 3 rings (SSSR count). The van der Waals surface area contributed by atoms with E-state index in [1.807, 2.05) is 59.9 Å². The molecule has 28 heavy (non-hydrogen) atoms. The molecule has 1 amide bonds. The van der Waals surface area contributed by atoms with E-state index in [9.17, 15) is 4.79 Å². The lowest BCUT2D eigenvalue weighted by Gasteiger charge is -2.09. The van der Waals surface area contributed by atoms with Crippen molar-refractivity contribution in [3.63, 3.8) is 0 Å². The summed E-state index contributed by atoms with van der Waals surface area (Å²) in [5, 5.41) is 4.78. The Kier molecular flexibility index (Phi) is 8.27. The van der Waals surface area contributed by atoms with Crippen molar-refractivity contribution >= 4 is 23.2 Å². The fraction of sp³-hybridized carbons (Fsp3) is 0.143. The number of para-hydroxylation sites is 1. The number of hydrogen-bond acceptors (Lipinski definition) is 4. The normalized spacial score (nSPS) is 10.0. The van der Waals surface area contributed by atoms with E-state index in [2.05, 4.69) is 22.4 Å². The lowest BCUT2D eigenvalue weighted by Crippen LogP contribution is -3.00. The summed E-state index contributed by atoms with van der Waals surface area (Å²) in [5.74, 6) is 1.65. The minimum Gasteiger partial charge on any atom is -1.00 e. The highest BCUT2D eigenvalue weighted by Gasteiger charge is 2.09. The van der Waals surface area contributed by atoms with Crippen molar-refractivity contribution in [3.8, 4) is 5.75 Å². The molecular formula is C21H23ClN4O2.